The van der Waals surface area contributed by atoms with Crippen molar-refractivity contribution in [2.24, 2.45) is 0 Å². The van der Waals surface area contributed by atoms with E-state index in [2.05, 4.69) is 105 Å². The van der Waals surface area contributed by atoms with Crippen molar-refractivity contribution in [3.05, 3.63) is 151 Å². The van der Waals surface area contributed by atoms with Crippen molar-refractivity contribution in [1.29, 1.82) is 0 Å². The minimum absolute atomic E-state index is 0.0106. The Bertz CT molecular complexity index is 4820. The molecule has 704 valence electrons. The van der Waals surface area contributed by atoms with Crippen LogP contribution >= 0.6 is 59.4 Å². The van der Waals surface area contributed by atoms with Gasteiger partial charge in [-0.1, -0.05) is 74.0 Å². The Morgan fingerprint density at radius 1 is 0.453 bits per heavy atom. The molecular formula is C82H114BBr3ClN15O25S. The van der Waals surface area contributed by atoms with E-state index < -0.39 is 75.3 Å². The summed E-state index contributed by atoms with van der Waals surface area (Å²) in [5.74, 6) is -0.765. The van der Waals surface area contributed by atoms with Gasteiger partial charge in [0.15, 0.2) is 34.5 Å². The molecule has 46 heteroatoms. The van der Waals surface area contributed by atoms with E-state index in [1.807, 2.05) is 6.07 Å². The smallest absolute Gasteiger partial charge is 0.488 e. The fraction of sp³-hybridized carbons (Fsp3) is 0.476. The number of nitrogens with one attached hydrogen (secondary N) is 3. The van der Waals surface area contributed by atoms with Gasteiger partial charge in [0.05, 0.1) is 147 Å². The lowest BCUT2D eigenvalue weighted by molar-refractivity contribution is 0.0240. The van der Waals surface area contributed by atoms with Gasteiger partial charge in [-0.3, -0.25) is 23.4 Å². The average Bonchev–Trinajstić information content (AvgIpc) is 0.832. The number of ether oxygens (including phenoxy) is 12. The number of aromatic nitrogens is 6. The summed E-state index contributed by atoms with van der Waals surface area (Å²) in [5.41, 5.74) is 19.0. The second-order valence-corrected chi connectivity index (χ2v) is 34.5. The summed E-state index contributed by atoms with van der Waals surface area (Å²) >= 11 is 14.7. The van der Waals surface area contributed by atoms with Crippen molar-refractivity contribution in [2.75, 3.05) is 173 Å². The standard InChI is InChI=1S/C26H38BrN5O6.C25H36BrN5O9S.C24H34BrN5O7.C7H6BClO3/c1-6-7-11-35-12-13-36-14-15-37-22-18(17-32(5)25(34)38-26(2,3)4)9-8-10-19(22)30-24(33)21-23(28)29-16-20(27)31-21;1-25(2,3)40-24(33)31(4)16-17-7-6-8-18(29-23(32)20-22(27)28-15-19(26)30-20)21(17)38-13-11-36-9-10-37-12-14-39-41(5,34)35;1-24(2,3)37-23(33)30(4)15-16-6-5-7-17(20(16)36-13-12-35-11-10-34-9-8-31)28-22(32)19-21(26)27-14-18(25)29-19;9-7(10)5-1-3-6(4-2-5)8(11)12/h8-10,16H,6-7,11-15,17H2,1-5H3,(H2,28,29)(H,30,33);6-8,15H,9-14,16H2,1-5H3,(H2,27,28)(H,29,32);5-7,14,31H,8-13,15H2,1-4H3,(H2,26,27)(H,28,32);1-4,11-12H. The number of rotatable bonds is 44. The monoisotopic (exact) mass is 2020 g/mol. The molecule has 0 radical (unpaired) electrons. The molecule has 3 heterocycles. The summed E-state index contributed by atoms with van der Waals surface area (Å²) in [5, 5.41) is 33.9. The molecule has 7 rings (SSSR count). The lowest BCUT2D eigenvalue weighted by atomic mass is 9.80. The van der Waals surface area contributed by atoms with Crippen LogP contribution in [0.25, 0.3) is 0 Å². The molecule has 0 aliphatic rings. The van der Waals surface area contributed by atoms with Crippen molar-refractivity contribution >= 4 is 158 Å². The lowest BCUT2D eigenvalue weighted by Crippen LogP contribution is -2.34. The first-order valence-electron chi connectivity index (χ1n) is 39.7. The minimum atomic E-state index is -3.51. The maximum atomic E-state index is 13.0. The van der Waals surface area contributed by atoms with Crippen molar-refractivity contribution in [3.63, 3.8) is 0 Å². The van der Waals surface area contributed by atoms with E-state index in [0.717, 1.165) is 19.1 Å². The summed E-state index contributed by atoms with van der Waals surface area (Å²) in [6.45, 7) is 22.9. The molecule has 40 nitrogen and oxygen atoms in total. The van der Waals surface area contributed by atoms with Crippen molar-refractivity contribution in [1.82, 2.24) is 44.6 Å². The molecule has 3 aromatic heterocycles. The predicted octanol–water partition coefficient (Wildman–Crippen LogP) is 10.1. The number of hydrogen-bond acceptors (Lipinski definition) is 34. The number of aliphatic hydroxyl groups is 1. The lowest BCUT2D eigenvalue weighted by Gasteiger charge is -2.25. The average molecular weight is 2030 g/mol. The topological polar surface area (TPSA) is 536 Å². The molecule has 4 aromatic carbocycles. The van der Waals surface area contributed by atoms with Gasteiger partial charge in [0.25, 0.3) is 33.1 Å². The first-order valence-corrected chi connectivity index (χ1v) is 44.3. The maximum absolute atomic E-state index is 13.0. The molecule has 7 aromatic rings. The summed E-state index contributed by atoms with van der Waals surface area (Å²) in [6.07, 6.45) is 5.72. The number of carbonyl (C=O) groups is 7. The number of anilines is 6. The Morgan fingerprint density at radius 2 is 0.742 bits per heavy atom. The zero-order valence-corrected chi connectivity index (χ0v) is 80.2. The van der Waals surface area contributed by atoms with Crippen molar-refractivity contribution < 1.29 is 118 Å². The molecule has 0 spiro atoms. The van der Waals surface area contributed by atoms with E-state index in [9.17, 15) is 42.0 Å². The number of nitrogens with two attached hydrogens (primary N) is 3. The van der Waals surface area contributed by atoms with Crippen LogP contribution in [-0.4, -0.2) is 273 Å². The number of para-hydroxylation sites is 3. The highest BCUT2D eigenvalue weighted by Gasteiger charge is 2.28. The molecule has 0 bridgehead atoms. The summed E-state index contributed by atoms with van der Waals surface area (Å²) in [6, 6.07) is 21.2. The van der Waals surface area contributed by atoms with Gasteiger partial charge in [0.2, 0.25) is 0 Å². The molecular weight excluding hydrogens is 1910 g/mol. The number of nitrogens with zero attached hydrogens (tertiary/aromatic N) is 9. The summed E-state index contributed by atoms with van der Waals surface area (Å²) in [4.78, 5) is 115. The SMILES string of the molecule is CCCCOCCOCCOc1c(CN(C)C(=O)OC(C)(C)C)cccc1NC(=O)c1nc(Br)cnc1N.CN(Cc1cccc(NC(=O)c2nc(Br)cnc2N)c1OCCOCCOCCO)C(=O)OC(C)(C)C.CN(Cc1cccc(NC(=O)c2nc(Br)cnc2N)c1OCCOCCOCCOS(C)(=O)=O)C(=O)OC(C)(C)C.O=C(Cl)c1ccc(B(O)O)cc1. The van der Waals surface area contributed by atoms with E-state index in [1.54, 1.807) is 132 Å². The van der Waals surface area contributed by atoms with Crippen LogP contribution in [0.2, 0.25) is 0 Å². The number of nitrogen functional groups attached to an aromatic ring is 3. The number of halogens is 4. The highest BCUT2D eigenvalue weighted by Crippen LogP contribution is 2.35. The first-order chi connectivity index (χ1) is 60.3. The third-order valence-corrected chi connectivity index (χ3v) is 17.7. The van der Waals surface area contributed by atoms with Gasteiger partial charge >= 0.3 is 25.4 Å². The Labute approximate surface area is 774 Å². The third-order valence-electron chi connectivity index (χ3n) is 15.7. The Hall–Kier alpha value is -9.85. The molecule has 6 amide bonds. The highest BCUT2D eigenvalue weighted by molar-refractivity contribution is 9.11. The Kier molecular flexibility index (Phi) is 48.8. The molecule has 0 fully saturated rings. The van der Waals surface area contributed by atoms with E-state index in [0.29, 0.717) is 115 Å². The number of benzene rings is 4. The van der Waals surface area contributed by atoms with E-state index >= 15 is 0 Å². The Morgan fingerprint density at radius 3 is 1.02 bits per heavy atom. The van der Waals surface area contributed by atoms with Crippen LogP contribution in [0.5, 0.6) is 17.2 Å². The second kappa shape index (κ2) is 56.6. The van der Waals surface area contributed by atoms with Gasteiger partial charge in [-0.05, 0) is 152 Å². The number of carbonyl (C=O) groups excluding carboxylic acids is 7. The van der Waals surface area contributed by atoms with Gasteiger partial charge in [0.1, 0.15) is 67.7 Å². The molecule has 12 N–H and O–H groups in total. The number of unbranched alkanes of at least 4 members (excludes halogenated alkanes) is 1. The van der Waals surface area contributed by atoms with Crippen LogP contribution < -0.4 is 52.8 Å². The van der Waals surface area contributed by atoms with Gasteiger partial charge in [-0.2, -0.15) is 8.42 Å². The zero-order valence-electron chi connectivity index (χ0n) is 73.9. The van der Waals surface area contributed by atoms with Gasteiger partial charge < -0.3 is 120 Å². The fourth-order valence-corrected chi connectivity index (χ4v) is 11.3. The molecule has 0 atom stereocenters. The number of hydrogen-bond donors (Lipinski definition) is 9. The quantitative estimate of drug-likeness (QED) is 0.00563. The molecule has 0 saturated carbocycles. The molecule has 0 unspecified atom stereocenters. The van der Waals surface area contributed by atoms with Crippen LogP contribution in [0.4, 0.5) is 48.9 Å². The minimum Gasteiger partial charge on any atom is -0.489 e. The Balaban J connectivity index is 0.000000377. The second-order valence-electron chi connectivity index (χ2n) is 30.1. The van der Waals surface area contributed by atoms with Crippen LogP contribution in [0.3, 0.4) is 0 Å². The van der Waals surface area contributed by atoms with Gasteiger partial charge in [0, 0.05) is 50.0 Å². The van der Waals surface area contributed by atoms with Crippen molar-refractivity contribution in [2.45, 2.75) is 119 Å². The highest BCUT2D eigenvalue weighted by atomic mass is 79.9. The van der Waals surface area contributed by atoms with E-state index in [4.69, 9.17) is 101 Å². The third kappa shape index (κ3) is 44.0. The van der Waals surface area contributed by atoms with Crippen LogP contribution in [0.1, 0.15) is 141 Å². The number of aliphatic hydroxyl groups excluding tert-OH is 1. The predicted molar refractivity (Wildman–Crippen MR) is 489 cm³/mol. The normalized spacial score (nSPS) is 11.2. The molecule has 0 aliphatic heterocycles. The van der Waals surface area contributed by atoms with E-state index in [-0.39, 0.29) is 127 Å². The maximum Gasteiger partial charge on any atom is 0.488 e. The molecule has 128 heavy (non-hydrogen) atoms. The largest absolute Gasteiger partial charge is 0.489 e. The molecule has 0 saturated heterocycles. The summed E-state index contributed by atoms with van der Waals surface area (Å²) < 4.78 is 94.4. The summed E-state index contributed by atoms with van der Waals surface area (Å²) in [7, 11) is -0.195. The van der Waals surface area contributed by atoms with Gasteiger partial charge in [-0.15, -0.1) is 0 Å². The zero-order chi connectivity index (χ0) is 95.3. The molecule has 0 aliphatic carbocycles. The number of amides is 6. The van der Waals surface area contributed by atoms with E-state index in [1.165, 1.54) is 57.6 Å². The van der Waals surface area contributed by atoms with Crippen molar-refractivity contribution in [3.8, 4) is 17.2 Å². The van der Waals surface area contributed by atoms with Crippen LogP contribution in [-0.2, 0) is 76.6 Å². The van der Waals surface area contributed by atoms with Gasteiger partial charge in [-0.25, -0.2) is 44.3 Å². The fourth-order valence-electron chi connectivity index (χ4n) is 10.0. The van der Waals surface area contributed by atoms with Crippen LogP contribution in [0, 0.1) is 0 Å². The van der Waals surface area contributed by atoms with Crippen LogP contribution in [0.15, 0.2) is 111 Å². The first kappa shape index (κ1) is 110.